The Labute approximate surface area is 184 Å². The smallest absolute Gasteiger partial charge is 0.242 e. The molecule has 1 aromatic heterocycles. The van der Waals surface area contributed by atoms with E-state index in [2.05, 4.69) is 41.9 Å². The van der Waals surface area contributed by atoms with Gasteiger partial charge in [-0.3, -0.25) is 4.79 Å². The largest absolute Gasteiger partial charge is 0.425 e. The zero-order valence-corrected chi connectivity index (χ0v) is 18.8. The van der Waals surface area contributed by atoms with Crippen molar-refractivity contribution in [3.05, 3.63) is 65.5 Å². The molecule has 1 saturated heterocycles. The van der Waals surface area contributed by atoms with E-state index >= 15 is 0 Å². The van der Waals surface area contributed by atoms with Crippen LogP contribution in [0, 0.1) is 20.8 Å². The van der Waals surface area contributed by atoms with Gasteiger partial charge >= 0.3 is 0 Å². The van der Waals surface area contributed by atoms with Crippen LogP contribution in [0.3, 0.4) is 0 Å². The van der Waals surface area contributed by atoms with Gasteiger partial charge in [0.2, 0.25) is 11.8 Å². The number of aryl methyl sites for hydroxylation is 3. The van der Waals surface area contributed by atoms with Crippen molar-refractivity contribution in [1.82, 2.24) is 9.88 Å². The number of rotatable bonds is 5. The topological polar surface area (TPSA) is 52.8 Å². The van der Waals surface area contributed by atoms with Gasteiger partial charge in [0.05, 0.1) is 6.54 Å². The van der Waals surface area contributed by atoms with Crippen molar-refractivity contribution in [2.45, 2.75) is 20.8 Å². The van der Waals surface area contributed by atoms with E-state index in [0.717, 1.165) is 37.4 Å². The van der Waals surface area contributed by atoms with E-state index in [9.17, 15) is 4.79 Å². The van der Waals surface area contributed by atoms with Gasteiger partial charge < -0.3 is 19.1 Å². The number of anilines is 2. The molecule has 1 amide bonds. The van der Waals surface area contributed by atoms with Gasteiger partial charge in [-0.15, -0.1) is 0 Å². The molecule has 162 valence electrons. The molecule has 0 atom stereocenters. The first-order valence-corrected chi connectivity index (χ1v) is 10.8. The molecule has 2 aromatic carbocycles. The molecule has 0 unspecified atom stereocenters. The maximum Gasteiger partial charge on any atom is 0.242 e. The van der Waals surface area contributed by atoms with E-state index in [1.165, 1.54) is 16.8 Å². The zero-order valence-electron chi connectivity index (χ0n) is 18.8. The summed E-state index contributed by atoms with van der Waals surface area (Å²) in [6, 6.07) is 16.5. The fourth-order valence-corrected chi connectivity index (χ4v) is 3.97. The third-order valence-corrected chi connectivity index (χ3v) is 5.97. The summed E-state index contributed by atoms with van der Waals surface area (Å²) in [5.41, 5.74) is 5.59. The van der Waals surface area contributed by atoms with Crippen molar-refractivity contribution in [3.63, 3.8) is 0 Å². The SMILES string of the molecule is Cc1nc(-c2ccccc2)c(N(C)CC(=O)N2CCN(c3ccc(C)c(C)c3)CC2)o1. The van der Waals surface area contributed by atoms with Crippen LogP contribution < -0.4 is 9.80 Å². The van der Waals surface area contributed by atoms with Gasteiger partial charge in [-0.05, 0) is 37.1 Å². The summed E-state index contributed by atoms with van der Waals surface area (Å²) in [4.78, 5) is 23.7. The second kappa shape index (κ2) is 8.84. The lowest BCUT2D eigenvalue weighted by Crippen LogP contribution is -2.51. The highest BCUT2D eigenvalue weighted by molar-refractivity contribution is 5.83. The molecule has 0 N–H and O–H groups in total. The molecule has 2 heterocycles. The first-order valence-electron chi connectivity index (χ1n) is 10.8. The summed E-state index contributed by atoms with van der Waals surface area (Å²) in [5.74, 6) is 1.33. The number of aromatic nitrogens is 1. The fraction of sp³-hybridized carbons (Fsp3) is 0.360. The Morgan fingerprint density at radius 3 is 2.39 bits per heavy atom. The van der Waals surface area contributed by atoms with Gasteiger partial charge in [0, 0.05) is 51.4 Å². The molecule has 4 rings (SSSR count). The number of piperazine rings is 1. The van der Waals surface area contributed by atoms with E-state index in [1.54, 1.807) is 0 Å². The Morgan fingerprint density at radius 1 is 1.00 bits per heavy atom. The normalized spacial score (nSPS) is 14.1. The molecule has 0 saturated carbocycles. The van der Waals surface area contributed by atoms with Crippen LogP contribution in [-0.2, 0) is 4.79 Å². The van der Waals surface area contributed by atoms with Gasteiger partial charge in [-0.1, -0.05) is 36.4 Å². The highest BCUT2D eigenvalue weighted by atomic mass is 16.4. The second-order valence-electron chi connectivity index (χ2n) is 8.25. The Bertz CT molecular complexity index is 1050. The van der Waals surface area contributed by atoms with E-state index in [-0.39, 0.29) is 12.5 Å². The van der Waals surface area contributed by atoms with Gasteiger partial charge in [0.1, 0.15) is 5.69 Å². The summed E-state index contributed by atoms with van der Waals surface area (Å²) in [6.45, 7) is 9.49. The molecule has 0 radical (unpaired) electrons. The summed E-state index contributed by atoms with van der Waals surface area (Å²) in [6.07, 6.45) is 0. The predicted molar refractivity (Wildman–Crippen MR) is 125 cm³/mol. The molecule has 6 nitrogen and oxygen atoms in total. The molecule has 0 aliphatic carbocycles. The van der Waals surface area contributed by atoms with E-state index in [1.807, 2.05) is 54.1 Å². The first kappa shape index (κ1) is 21.0. The van der Waals surface area contributed by atoms with Crippen molar-refractivity contribution in [1.29, 1.82) is 0 Å². The van der Waals surface area contributed by atoms with Crippen molar-refractivity contribution in [2.24, 2.45) is 0 Å². The number of benzene rings is 2. The third-order valence-electron chi connectivity index (χ3n) is 5.97. The summed E-state index contributed by atoms with van der Waals surface area (Å²) < 4.78 is 5.85. The molecular weight excluding hydrogens is 388 g/mol. The molecule has 6 heteroatoms. The highest BCUT2D eigenvalue weighted by Gasteiger charge is 2.25. The van der Waals surface area contributed by atoms with E-state index < -0.39 is 0 Å². The van der Waals surface area contributed by atoms with Crippen molar-refractivity contribution < 1.29 is 9.21 Å². The monoisotopic (exact) mass is 418 g/mol. The molecule has 0 bridgehead atoms. The third kappa shape index (κ3) is 4.58. The molecule has 31 heavy (non-hydrogen) atoms. The van der Waals surface area contributed by atoms with Crippen molar-refractivity contribution >= 4 is 17.5 Å². The molecule has 1 aliphatic heterocycles. The number of hydrogen-bond donors (Lipinski definition) is 0. The van der Waals surface area contributed by atoms with Gasteiger partial charge in [-0.2, -0.15) is 0 Å². The summed E-state index contributed by atoms with van der Waals surface area (Å²) in [5, 5.41) is 0. The molecular formula is C25H30N4O2. The fourth-order valence-electron chi connectivity index (χ4n) is 3.97. The van der Waals surface area contributed by atoms with Crippen LogP contribution >= 0.6 is 0 Å². The lowest BCUT2D eigenvalue weighted by atomic mass is 10.1. The molecule has 1 fully saturated rings. The van der Waals surface area contributed by atoms with Crippen LogP contribution in [0.15, 0.2) is 52.9 Å². The van der Waals surface area contributed by atoms with Crippen LogP contribution in [0.5, 0.6) is 0 Å². The average Bonchev–Trinajstić information content (AvgIpc) is 3.18. The Hall–Kier alpha value is -3.28. The number of nitrogens with zero attached hydrogens (tertiary/aromatic N) is 4. The van der Waals surface area contributed by atoms with Gasteiger partial charge in [0.25, 0.3) is 0 Å². The number of hydrogen-bond acceptors (Lipinski definition) is 5. The first-order chi connectivity index (χ1) is 14.9. The van der Waals surface area contributed by atoms with E-state index in [4.69, 9.17) is 4.42 Å². The quantitative estimate of drug-likeness (QED) is 0.626. The maximum atomic E-state index is 13.0. The number of amides is 1. The number of carbonyl (C=O) groups excluding carboxylic acids is 1. The van der Waals surface area contributed by atoms with Crippen LogP contribution in [0.4, 0.5) is 11.6 Å². The van der Waals surface area contributed by atoms with Crippen LogP contribution in [0.1, 0.15) is 17.0 Å². The van der Waals surface area contributed by atoms with Crippen LogP contribution in [0.2, 0.25) is 0 Å². The van der Waals surface area contributed by atoms with Crippen LogP contribution in [-0.4, -0.2) is 55.6 Å². The lowest BCUT2D eigenvalue weighted by Gasteiger charge is -2.37. The highest BCUT2D eigenvalue weighted by Crippen LogP contribution is 2.30. The predicted octanol–water partition coefficient (Wildman–Crippen LogP) is 4.05. The zero-order chi connectivity index (χ0) is 22.0. The number of carbonyl (C=O) groups is 1. The molecule has 0 spiro atoms. The molecule has 3 aromatic rings. The summed E-state index contributed by atoms with van der Waals surface area (Å²) in [7, 11) is 1.88. The Balaban J connectivity index is 1.39. The van der Waals surface area contributed by atoms with Gasteiger partial charge in [-0.25, -0.2) is 4.98 Å². The average molecular weight is 419 g/mol. The van der Waals surface area contributed by atoms with E-state index in [0.29, 0.717) is 11.8 Å². The lowest BCUT2D eigenvalue weighted by molar-refractivity contribution is -0.130. The minimum absolute atomic E-state index is 0.107. The number of oxazole rings is 1. The maximum absolute atomic E-state index is 13.0. The van der Waals surface area contributed by atoms with Gasteiger partial charge in [0.15, 0.2) is 5.89 Å². The second-order valence-corrected chi connectivity index (χ2v) is 8.25. The van der Waals surface area contributed by atoms with Crippen molar-refractivity contribution in [2.75, 3.05) is 49.6 Å². The minimum Gasteiger partial charge on any atom is -0.425 e. The minimum atomic E-state index is 0.107. The Kier molecular flexibility index (Phi) is 5.98. The van der Waals surface area contributed by atoms with Crippen molar-refractivity contribution in [3.8, 4) is 11.3 Å². The standard InChI is InChI=1S/C25H30N4O2/c1-18-10-11-22(16-19(18)2)28-12-14-29(15-13-28)23(30)17-27(4)25-24(26-20(3)31-25)21-8-6-5-7-9-21/h5-11,16H,12-15,17H2,1-4H3. The summed E-state index contributed by atoms with van der Waals surface area (Å²) >= 11 is 0. The molecule has 1 aliphatic rings. The van der Waals surface area contributed by atoms with Crippen LogP contribution in [0.25, 0.3) is 11.3 Å². The Morgan fingerprint density at radius 2 is 1.71 bits per heavy atom. The number of likely N-dealkylation sites (N-methyl/N-ethyl adjacent to an activating group) is 1.